The molecule has 21 heavy (non-hydrogen) atoms. The highest BCUT2D eigenvalue weighted by atomic mass is 35.5. The monoisotopic (exact) mass is 332 g/mol. The molecule has 0 aliphatic heterocycles. The topological polar surface area (TPSA) is 58.2 Å². The third-order valence-corrected chi connectivity index (χ3v) is 5.45. The number of nitrogens with one attached hydrogen (secondary N) is 2. The largest absolute Gasteiger partial charge is 0.316 e. The highest BCUT2D eigenvalue weighted by molar-refractivity contribution is 7.89. The van der Waals surface area contributed by atoms with Gasteiger partial charge in [0, 0.05) is 17.6 Å². The molecule has 0 saturated heterocycles. The van der Waals surface area contributed by atoms with E-state index in [4.69, 9.17) is 11.6 Å². The van der Waals surface area contributed by atoms with Crippen molar-refractivity contribution in [1.29, 1.82) is 0 Å². The van der Waals surface area contributed by atoms with Gasteiger partial charge >= 0.3 is 0 Å². The van der Waals surface area contributed by atoms with Crippen LogP contribution in [0, 0.1) is 5.92 Å². The zero-order valence-electron chi connectivity index (χ0n) is 13.1. The van der Waals surface area contributed by atoms with Gasteiger partial charge in [-0.3, -0.25) is 0 Å². The minimum absolute atomic E-state index is 0.0966. The Bertz CT molecular complexity index is 561. The Hall–Kier alpha value is -0.620. The number of hydrogen-bond donors (Lipinski definition) is 2. The van der Waals surface area contributed by atoms with Gasteiger partial charge in [-0.05, 0) is 44.0 Å². The molecule has 120 valence electrons. The van der Waals surface area contributed by atoms with Crippen molar-refractivity contribution in [3.05, 3.63) is 28.8 Å². The molecule has 0 radical (unpaired) electrons. The third-order valence-electron chi connectivity index (χ3n) is 3.51. The molecule has 0 spiro atoms. The van der Waals surface area contributed by atoms with Gasteiger partial charge < -0.3 is 5.32 Å². The highest BCUT2D eigenvalue weighted by Gasteiger charge is 2.19. The molecule has 0 saturated carbocycles. The average Bonchev–Trinajstić information content (AvgIpc) is 2.40. The maximum absolute atomic E-state index is 12.3. The van der Waals surface area contributed by atoms with Crippen molar-refractivity contribution in [3.8, 4) is 0 Å². The summed E-state index contributed by atoms with van der Waals surface area (Å²) < 4.78 is 27.4. The van der Waals surface area contributed by atoms with Crippen molar-refractivity contribution < 1.29 is 8.42 Å². The Kier molecular flexibility index (Phi) is 7.13. The van der Waals surface area contributed by atoms with Crippen molar-refractivity contribution >= 4 is 21.6 Å². The smallest absolute Gasteiger partial charge is 0.240 e. The van der Waals surface area contributed by atoms with E-state index in [2.05, 4.69) is 23.9 Å². The number of halogens is 1. The Balaban J connectivity index is 2.85. The molecule has 0 fully saturated rings. The lowest BCUT2D eigenvalue weighted by Gasteiger charge is -2.18. The van der Waals surface area contributed by atoms with Crippen LogP contribution >= 0.6 is 11.6 Å². The van der Waals surface area contributed by atoms with Crippen LogP contribution in [0.5, 0.6) is 0 Å². The fraction of sp³-hybridized carbons (Fsp3) is 0.600. The van der Waals surface area contributed by atoms with Crippen LogP contribution in [0.2, 0.25) is 5.02 Å². The van der Waals surface area contributed by atoms with Crippen LogP contribution in [0.4, 0.5) is 0 Å². The van der Waals surface area contributed by atoms with Gasteiger partial charge in [-0.25, -0.2) is 13.1 Å². The van der Waals surface area contributed by atoms with Crippen molar-refractivity contribution in [2.45, 2.75) is 51.1 Å². The van der Waals surface area contributed by atoms with E-state index in [9.17, 15) is 8.42 Å². The molecule has 0 aromatic heterocycles. The predicted octanol–water partition coefficient (Wildman–Crippen LogP) is 3.16. The molecular weight excluding hydrogens is 308 g/mol. The lowest BCUT2D eigenvalue weighted by Crippen LogP contribution is -2.33. The summed E-state index contributed by atoms with van der Waals surface area (Å²) in [6.45, 7) is 6.72. The lowest BCUT2D eigenvalue weighted by molar-refractivity contribution is 0.445. The van der Waals surface area contributed by atoms with Crippen LogP contribution in [0.15, 0.2) is 23.1 Å². The quantitative estimate of drug-likeness (QED) is 0.768. The molecule has 0 aliphatic carbocycles. The zero-order chi connectivity index (χ0) is 16.0. The maximum atomic E-state index is 12.3. The van der Waals surface area contributed by atoms with E-state index in [1.807, 2.05) is 14.0 Å². The van der Waals surface area contributed by atoms with Crippen molar-refractivity contribution in [3.63, 3.8) is 0 Å². The van der Waals surface area contributed by atoms with Gasteiger partial charge in [-0.15, -0.1) is 0 Å². The summed E-state index contributed by atoms with van der Waals surface area (Å²) in [4.78, 5) is 0.211. The molecule has 6 heteroatoms. The molecule has 1 aromatic rings. The second-order valence-corrected chi connectivity index (χ2v) is 7.68. The molecule has 2 atom stereocenters. The van der Waals surface area contributed by atoms with Gasteiger partial charge in [0.1, 0.15) is 0 Å². The van der Waals surface area contributed by atoms with E-state index in [1.165, 1.54) is 6.07 Å². The number of rotatable bonds is 8. The van der Waals surface area contributed by atoms with Gasteiger partial charge in [-0.2, -0.15) is 0 Å². The van der Waals surface area contributed by atoms with Gasteiger partial charge in [0.2, 0.25) is 10.0 Å². The fourth-order valence-electron chi connectivity index (χ4n) is 2.18. The second kappa shape index (κ2) is 8.13. The van der Waals surface area contributed by atoms with Crippen LogP contribution in [-0.2, 0) is 16.6 Å². The Labute approximate surface area is 133 Å². The molecule has 1 rings (SSSR count). The van der Waals surface area contributed by atoms with Crippen molar-refractivity contribution in [2.24, 2.45) is 5.92 Å². The Morgan fingerprint density at radius 3 is 2.48 bits per heavy atom. The average molecular weight is 333 g/mol. The number of hydrogen-bond acceptors (Lipinski definition) is 3. The van der Waals surface area contributed by atoms with Crippen LogP contribution in [0.1, 0.15) is 39.2 Å². The number of sulfonamides is 1. The Morgan fingerprint density at radius 2 is 1.95 bits per heavy atom. The Morgan fingerprint density at radius 1 is 1.29 bits per heavy atom. The van der Waals surface area contributed by atoms with Gasteiger partial charge in [0.15, 0.2) is 0 Å². The van der Waals surface area contributed by atoms with Gasteiger partial charge in [0.05, 0.1) is 4.90 Å². The summed E-state index contributed by atoms with van der Waals surface area (Å²) in [6.07, 6.45) is 1.86. The zero-order valence-corrected chi connectivity index (χ0v) is 14.7. The minimum atomic E-state index is -3.52. The normalized spacial score (nSPS) is 14.9. The molecule has 0 amide bonds. The molecule has 0 bridgehead atoms. The summed E-state index contributed by atoms with van der Waals surface area (Å²) >= 11 is 6.13. The first-order valence-corrected chi connectivity index (χ1v) is 9.11. The first-order chi connectivity index (χ1) is 9.80. The summed E-state index contributed by atoms with van der Waals surface area (Å²) in [5.74, 6) is 0.490. The summed E-state index contributed by atoms with van der Waals surface area (Å²) in [6, 6.07) is 4.75. The molecule has 2 unspecified atom stereocenters. The summed E-state index contributed by atoms with van der Waals surface area (Å²) in [5.41, 5.74) is 0.880. The van der Waals surface area contributed by atoms with E-state index in [0.29, 0.717) is 17.5 Å². The molecule has 4 nitrogen and oxygen atoms in total. The van der Waals surface area contributed by atoms with Gasteiger partial charge in [0.25, 0.3) is 0 Å². The van der Waals surface area contributed by atoms with Crippen LogP contribution in [-0.4, -0.2) is 21.5 Å². The highest BCUT2D eigenvalue weighted by Crippen LogP contribution is 2.21. The fourth-order valence-corrected chi connectivity index (χ4v) is 3.77. The lowest BCUT2D eigenvalue weighted by atomic mass is 10.0. The molecule has 0 aliphatic rings. The summed E-state index contributed by atoms with van der Waals surface area (Å²) in [5, 5.41) is 3.45. The summed E-state index contributed by atoms with van der Waals surface area (Å²) in [7, 11) is -1.70. The molecule has 0 heterocycles. The van der Waals surface area contributed by atoms with E-state index in [1.54, 1.807) is 12.1 Å². The van der Waals surface area contributed by atoms with Crippen molar-refractivity contribution in [2.75, 3.05) is 7.05 Å². The van der Waals surface area contributed by atoms with E-state index >= 15 is 0 Å². The van der Waals surface area contributed by atoms with Crippen molar-refractivity contribution in [1.82, 2.24) is 10.0 Å². The van der Waals surface area contributed by atoms with Crippen LogP contribution < -0.4 is 10.0 Å². The molecular formula is C15H25ClN2O2S. The number of benzene rings is 1. The SMILES string of the molecule is CCC(C)CC(C)NS(=O)(=O)c1ccc(CNC)c(Cl)c1. The van der Waals surface area contributed by atoms with E-state index < -0.39 is 10.0 Å². The first kappa shape index (κ1) is 18.4. The predicted molar refractivity (Wildman–Crippen MR) is 88.1 cm³/mol. The third kappa shape index (κ3) is 5.58. The first-order valence-electron chi connectivity index (χ1n) is 7.25. The van der Waals surface area contributed by atoms with Crippen LogP contribution in [0.3, 0.4) is 0 Å². The maximum Gasteiger partial charge on any atom is 0.240 e. The standard InChI is InChI=1S/C15H25ClN2O2S/c1-5-11(2)8-12(3)18-21(19,20)14-7-6-13(10-17-4)15(16)9-14/h6-7,9,11-12,17-18H,5,8,10H2,1-4H3. The second-order valence-electron chi connectivity index (χ2n) is 5.56. The van der Waals surface area contributed by atoms with E-state index in [-0.39, 0.29) is 10.9 Å². The molecule has 2 N–H and O–H groups in total. The van der Waals surface area contributed by atoms with Gasteiger partial charge in [-0.1, -0.05) is 37.9 Å². The van der Waals surface area contributed by atoms with Crippen LogP contribution in [0.25, 0.3) is 0 Å². The van der Waals surface area contributed by atoms with E-state index in [0.717, 1.165) is 18.4 Å². The minimum Gasteiger partial charge on any atom is -0.316 e. The molecule has 1 aromatic carbocycles.